The minimum absolute atomic E-state index is 0.300. The monoisotopic (exact) mass is 333 g/mol. The maximum absolute atomic E-state index is 13.4. The van der Waals surface area contributed by atoms with Crippen LogP contribution in [-0.4, -0.2) is 31.0 Å². The first kappa shape index (κ1) is 18.0. The van der Waals surface area contributed by atoms with Gasteiger partial charge in [0.25, 0.3) is 0 Å². The number of halogens is 7. The molecule has 0 aromatic heterocycles. The predicted octanol–water partition coefficient (Wildman–Crippen LogP) is 3.02. The lowest BCUT2D eigenvalue weighted by Crippen LogP contribution is -2.60. The normalized spacial score (nSPS) is 14.0. The summed E-state index contributed by atoms with van der Waals surface area (Å²) in [5.74, 6) is -9.14. The molecule has 0 unspecified atom stereocenters. The van der Waals surface area contributed by atoms with E-state index < -0.39 is 23.9 Å². The van der Waals surface area contributed by atoms with Gasteiger partial charge in [-0.25, -0.2) is 10.8 Å². The quantitative estimate of drug-likeness (QED) is 0.293. The number of ether oxygens (including phenoxy) is 1. The third-order valence-corrected chi connectivity index (χ3v) is 2.50. The molecule has 0 spiro atoms. The SMILES string of the molecule is COc1ccc(N=C(NN)C(F)(F)C(F)(F)C(F)(F)F)cc1. The minimum atomic E-state index is -6.48. The number of aliphatic imine (C=N–C) groups is 1. The molecule has 0 fully saturated rings. The van der Waals surface area contributed by atoms with Crippen molar-refractivity contribution < 1.29 is 35.5 Å². The standard InChI is InChI=1S/C11H10F7N3O/c1-22-7-4-2-6(3-5-7)20-8(21-19)9(12,13)10(14,15)11(16,17)18/h2-5H,19H2,1H3,(H,20,21). The van der Waals surface area contributed by atoms with Gasteiger partial charge in [-0.3, -0.25) is 0 Å². The predicted molar refractivity (Wildman–Crippen MR) is 63.4 cm³/mol. The van der Waals surface area contributed by atoms with Crippen molar-refractivity contribution in [1.82, 2.24) is 5.43 Å². The molecule has 1 rings (SSSR count). The van der Waals surface area contributed by atoms with E-state index in [0.29, 0.717) is 5.75 Å². The third-order valence-electron chi connectivity index (χ3n) is 2.50. The number of methoxy groups -OCH3 is 1. The van der Waals surface area contributed by atoms with Crippen molar-refractivity contribution in [3.05, 3.63) is 24.3 Å². The highest BCUT2D eigenvalue weighted by molar-refractivity contribution is 5.91. The molecule has 0 aliphatic heterocycles. The summed E-state index contributed by atoms with van der Waals surface area (Å²) in [5, 5.41) is 0. The number of nitrogens with one attached hydrogen (secondary N) is 1. The summed E-state index contributed by atoms with van der Waals surface area (Å²) in [6.07, 6.45) is -6.48. The van der Waals surface area contributed by atoms with E-state index in [1.54, 1.807) is 0 Å². The zero-order valence-corrected chi connectivity index (χ0v) is 10.9. The molecule has 22 heavy (non-hydrogen) atoms. The van der Waals surface area contributed by atoms with Gasteiger partial charge in [0.05, 0.1) is 12.8 Å². The fourth-order valence-corrected chi connectivity index (χ4v) is 1.31. The Morgan fingerprint density at radius 2 is 1.55 bits per heavy atom. The highest BCUT2D eigenvalue weighted by Crippen LogP contribution is 2.47. The van der Waals surface area contributed by atoms with Crippen molar-refractivity contribution >= 4 is 11.5 Å². The maximum atomic E-state index is 13.4. The molecule has 0 aliphatic rings. The number of alkyl halides is 7. The van der Waals surface area contributed by atoms with Gasteiger partial charge in [-0.1, -0.05) is 0 Å². The first-order chi connectivity index (χ1) is 9.97. The summed E-state index contributed by atoms with van der Waals surface area (Å²) < 4.78 is 93.7. The molecule has 0 bridgehead atoms. The van der Waals surface area contributed by atoms with Crippen LogP contribution in [-0.2, 0) is 0 Å². The molecular formula is C11H10F7N3O. The van der Waals surface area contributed by atoms with Crippen molar-refractivity contribution in [2.24, 2.45) is 10.8 Å². The highest BCUT2D eigenvalue weighted by atomic mass is 19.4. The van der Waals surface area contributed by atoms with Crippen molar-refractivity contribution in [1.29, 1.82) is 0 Å². The Morgan fingerprint density at radius 1 is 1.05 bits per heavy atom. The molecule has 0 aliphatic carbocycles. The molecular weight excluding hydrogens is 323 g/mol. The number of hydrogen-bond donors (Lipinski definition) is 2. The van der Waals surface area contributed by atoms with Crippen LogP contribution in [0.2, 0.25) is 0 Å². The number of benzene rings is 1. The summed E-state index contributed by atoms with van der Waals surface area (Å²) in [5.41, 5.74) is 0.759. The van der Waals surface area contributed by atoms with Gasteiger partial charge in [0.15, 0.2) is 5.84 Å². The van der Waals surface area contributed by atoms with Crippen LogP contribution in [0.5, 0.6) is 5.75 Å². The largest absolute Gasteiger partial charge is 0.497 e. The Labute approximate surface area is 119 Å². The molecule has 11 heteroatoms. The average molecular weight is 333 g/mol. The summed E-state index contributed by atoms with van der Waals surface area (Å²) >= 11 is 0. The van der Waals surface area contributed by atoms with Crippen molar-refractivity contribution in [2.75, 3.05) is 7.11 Å². The number of amidine groups is 1. The van der Waals surface area contributed by atoms with Crippen molar-refractivity contribution in [3.8, 4) is 5.75 Å². The van der Waals surface area contributed by atoms with E-state index in [0.717, 1.165) is 17.6 Å². The van der Waals surface area contributed by atoms with Crippen LogP contribution in [0.1, 0.15) is 0 Å². The molecule has 0 heterocycles. The second kappa shape index (κ2) is 5.99. The zero-order valence-electron chi connectivity index (χ0n) is 10.9. The van der Waals surface area contributed by atoms with Gasteiger partial charge < -0.3 is 10.2 Å². The van der Waals surface area contributed by atoms with Gasteiger partial charge in [0.2, 0.25) is 0 Å². The van der Waals surface area contributed by atoms with E-state index >= 15 is 0 Å². The van der Waals surface area contributed by atoms with E-state index in [1.807, 2.05) is 0 Å². The van der Waals surface area contributed by atoms with Crippen LogP contribution in [0.4, 0.5) is 36.4 Å². The molecule has 4 nitrogen and oxygen atoms in total. The molecule has 0 saturated carbocycles. The van der Waals surface area contributed by atoms with Gasteiger partial charge in [0, 0.05) is 0 Å². The molecule has 1 aromatic rings. The Kier molecular flexibility index (Phi) is 4.90. The van der Waals surface area contributed by atoms with E-state index in [4.69, 9.17) is 4.74 Å². The second-order valence-corrected chi connectivity index (χ2v) is 3.95. The zero-order chi connectivity index (χ0) is 17.2. The van der Waals surface area contributed by atoms with Crippen LogP contribution in [0.3, 0.4) is 0 Å². The number of nitrogens with zero attached hydrogens (tertiary/aromatic N) is 1. The summed E-state index contributed by atoms with van der Waals surface area (Å²) in [7, 11) is 1.31. The van der Waals surface area contributed by atoms with E-state index in [1.165, 1.54) is 19.2 Å². The highest BCUT2D eigenvalue weighted by Gasteiger charge is 2.75. The molecule has 3 N–H and O–H groups in total. The number of nitrogens with two attached hydrogens (primary N) is 1. The first-order valence-electron chi connectivity index (χ1n) is 5.49. The summed E-state index contributed by atoms with van der Waals surface area (Å²) in [4.78, 5) is 3.00. The third kappa shape index (κ3) is 3.24. The topological polar surface area (TPSA) is 59.6 Å². The average Bonchev–Trinajstić information content (AvgIpc) is 2.43. The van der Waals surface area contributed by atoms with Gasteiger partial charge in [-0.2, -0.15) is 30.7 Å². The summed E-state index contributed by atoms with van der Waals surface area (Å²) in [6, 6.07) is 4.62. The van der Waals surface area contributed by atoms with Gasteiger partial charge in [-0.05, 0) is 24.3 Å². The summed E-state index contributed by atoms with van der Waals surface area (Å²) in [6.45, 7) is 0. The molecule has 0 saturated heterocycles. The van der Waals surface area contributed by atoms with Gasteiger partial charge in [-0.15, -0.1) is 0 Å². The lowest BCUT2D eigenvalue weighted by Gasteiger charge is -2.28. The van der Waals surface area contributed by atoms with Crippen LogP contribution in [0, 0.1) is 0 Å². The molecule has 124 valence electrons. The van der Waals surface area contributed by atoms with Crippen LogP contribution < -0.4 is 16.0 Å². The van der Waals surface area contributed by atoms with Crippen molar-refractivity contribution in [2.45, 2.75) is 18.0 Å². The number of hydrazine groups is 1. The van der Waals surface area contributed by atoms with E-state index in [2.05, 4.69) is 10.8 Å². The maximum Gasteiger partial charge on any atom is 0.460 e. The van der Waals surface area contributed by atoms with Crippen LogP contribution in [0.15, 0.2) is 29.3 Å². The Balaban J connectivity index is 3.25. The smallest absolute Gasteiger partial charge is 0.460 e. The lowest BCUT2D eigenvalue weighted by molar-refractivity contribution is -0.336. The Hall–Kier alpha value is -2.04. The second-order valence-electron chi connectivity index (χ2n) is 3.95. The van der Waals surface area contributed by atoms with Crippen LogP contribution >= 0.6 is 0 Å². The van der Waals surface area contributed by atoms with Crippen LogP contribution in [0.25, 0.3) is 0 Å². The molecule has 1 aromatic carbocycles. The molecule has 0 amide bonds. The fourth-order valence-electron chi connectivity index (χ4n) is 1.31. The van der Waals surface area contributed by atoms with Crippen molar-refractivity contribution in [3.63, 3.8) is 0 Å². The number of rotatable bonds is 4. The Morgan fingerprint density at radius 3 is 1.91 bits per heavy atom. The lowest BCUT2D eigenvalue weighted by atomic mass is 10.1. The van der Waals surface area contributed by atoms with E-state index in [-0.39, 0.29) is 5.69 Å². The number of hydrogen-bond acceptors (Lipinski definition) is 3. The molecule has 0 radical (unpaired) electrons. The fraction of sp³-hybridized carbons (Fsp3) is 0.364. The first-order valence-corrected chi connectivity index (χ1v) is 5.49. The molecule has 0 atom stereocenters. The van der Waals surface area contributed by atoms with Gasteiger partial charge in [0.1, 0.15) is 5.75 Å². The van der Waals surface area contributed by atoms with E-state index in [9.17, 15) is 30.7 Å². The van der Waals surface area contributed by atoms with Gasteiger partial charge >= 0.3 is 18.0 Å². The minimum Gasteiger partial charge on any atom is -0.497 e. The Bertz CT molecular complexity index is 540.